The highest BCUT2D eigenvalue weighted by atomic mass is 16.4. The first-order valence-corrected chi connectivity index (χ1v) is 6.02. The molecule has 0 aliphatic heterocycles. The van der Waals surface area contributed by atoms with Crippen LogP contribution in [0.2, 0.25) is 0 Å². The van der Waals surface area contributed by atoms with E-state index in [0.717, 1.165) is 11.3 Å². The summed E-state index contributed by atoms with van der Waals surface area (Å²) in [5.74, 6) is -0.942. The van der Waals surface area contributed by atoms with Gasteiger partial charge in [0.2, 0.25) is 0 Å². The van der Waals surface area contributed by atoms with Crippen molar-refractivity contribution >= 4 is 12.0 Å². The maximum Gasteiger partial charge on any atom is 0.315 e. The normalized spacial score (nSPS) is 10.9. The number of urea groups is 1. The number of amides is 2. The van der Waals surface area contributed by atoms with E-state index in [2.05, 4.69) is 15.6 Å². The van der Waals surface area contributed by atoms with Crippen LogP contribution in [0.1, 0.15) is 31.5 Å². The van der Waals surface area contributed by atoms with Gasteiger partial charge in [-0.15, -0.1) is 0 Å². The monoisotopic (exact) mass is 265 g/mol. The van der Waals surface area contributed by atoms with Crippen molar-refractivity contribution in [2.75, 3.05) is 6.54 Å². The Balaban J connectivity index is 2.56. The predicted molar refractivity (Wildman–Crippen MR) is 70.8 cm³/mol. The molecule has 19 heavy (non-hydrogen) atoms. The van der Waals surface area contributed by atoms with Gasteiger partial charge in [-0.25, -0.2) is 4.79 Å². The van der Waals surface area contributed by atoms with E-state index in [-0.39, 0.29) is 13.0 Å². The van der Waals surface area contributed by atoms with Crippen molar-refractivity contribution in [1.29, 1.82) is 0 Å². The molecule has 1 aromatic rings. The van der Waals surface area contributed by atoms with Gasteiger partial charge < -0.3 is 15.7 Å². The van der Waals surface area contributed by atoms with Gasteiger partial charge in [-0.3, -0.25) is 9.78 Å². The van der Waals surface area contributed by atoms with Gasteiger partial charge in [-0.1, -0.05) is 6.07 Å². The summed E-state index contributed by atoms with van der Waals surface area (Å²) in [7, 11) is 0. The molecule has 6 nitrogen and oxygen atoms in total. The van der Waals surface area contributed by atoms with E-state index >= 15 is 0 Å². The molecule has 0 aliphatic rings. The number of carboxylic acids is 1. The van der Waals surface area contributed by atoms with E-state index in [1.165, 1.54) is 0 Å². The van der Waals surface area contributed by atoms with Crippen LogP contribution in [0.4, 0.5) is 4.79 Å². The molecule has 0 unspecified atom stereocenters. The molecule has 0 atom stereocenters. The lowest BCUT2D eigenvalue weighted by molar-refractivity contribution is -0.136. The lowest BCUT2D eigenvalue weighted by Crippen LogP contribution is -2.46. The summed E-state index contributed by atoms with van der Waals surface area (Å²) in [4.78, 5) is 26.2. The summed E-state index contributed by atoms with van der Waals surface area (Å²) in [6.07, 6.45) is 1.62. The summed E-state index contributed by atoms with van der Waals surface area (Å²) >= 11 is 0. The average molecular weight is 265 g/mol. The quantitative estimate of drug-likeness (QED) is 0.750. The Labute approximate surface area is 112 Å². The third-order valence-electron chi connectivity index (χ3n) is 2.68. The Kier molecular flexibility index (Phi) is 4.86. The molecule has 2 amide bonds. The number of carbonyl (C=O) groups is 2. The van der Waals surface area contributed by atoms with Gasteiger partial charge in [0.1, 0.15) is 0 Å². The molecule has 0 spiro atoms. The molecule has 6 heteroatoms. The standard InChI is InChI=1S/C13H19N3O3/c1-9-4-5-10(8-15-9)13(2,3)16-12(19)14-7-6-11(17)18/h4-5,8H,6-7H2,1-3H3,(H,17,18)(H2,14,16,19). The van der Waals surface area contributed by atoms with E-state index in [0.29, 0.717) is 0 Å². The van der Waals surface area contributed by atoms with Crippen LogP contribution in [0.3, 0.4) is 0 Å². The Morgan fingerprint density at radius 1 is 1.37 bits per heavy atom. The summed E-state index contributed by atoms with van der Waals surface area (Å²) in [6.45, 7) is 5.71. The smallest absolute Gasteiger partial charge is 0.315 e. The number of aryl methyl sites for hydroxylation is 1. The van der Waals surface area contributed by atoms with Crippen LogP contribution in [-0.4, -0.2) is 28.6 Å². The van der Waals surface area contributed by atoms with Crippen LogP contribution in [0.25, 0.3) is 0 Å². The summed E-state index contributed by atoms with van der Waals surface area (Å²) < 4.78 is 0. The maximum absolute atomic E-state index is 11.6. The number of aliphatic carboxylic acids is 1. The zero-order chi connectivity index (χ0) is 14.5. The fraction of sp³-hybridized carbons (Fsp3) is 0.462. The number of nitrogens with one attached hydrogen (secondary N) is 2. The highest BCUT2D eigenvalue weighted by molar-refractivity contribution is 5.75. The molecule has 0 radical (unpaired) electrons. The van der Waals surface area contributed by atoms with Crippen LogP contribution in [0, 0.1) is 6.92 Å². The van der Waals surface area contributed by atoms with Gasteiger partial charge in [0.25, 0.3) is 0 Å². The zero-order valence-corrected chi connectivity index (χ0v) is 11.4. The van der Waals surface area contributed by atoms with Crippen LogP contribution in [0.15, 0.2) is 18.3 Å². The lowest BCUT2D eigenvalue weighted by Gasteiger charge is -2.26. The number of hydrogen-bond donors (Lipinski definition) is 3. The topological polar surface area (TPSA) is 91.3 Å². The predicted octanol–water partition coefficient (Wildman–Crippen LogP) is 1.40. The molecular formula is C13H19N3O3. The molecule has 0 aromatic carbocycles. The number of rotatable bonds is 5. The first kappa shape index (κ1) is 14.9. The van der Waals surface area contributed by atoms with E-state index in [9.17, 15) is 9.59 Å². The van der Waals surface area contributed by atoms with Gasteiger partial charge in [0.15, 0.2) is 0 Å². The number of pyridine rings is 1. The molecule has 0 saturated heterocycles. The Bertz CT molecular complexity index is 455. The van der Waals surface area contributed by atoms with Crippen LogP contribution in [0.5, 0.6) is 0 Å². The van der Waals surface area contributed by atoms with E-state index in [1.807, 2.05) is 32.9 Å². The second-order valence-corrected chi connectivity index (χ2v) is 4.84. The molecule has 0 bridgehead atoms. The van der Waals surface area contributed by atoms with Gasteiger partial charge in [-0.05, 0) is 32.4 Å². The number of carboxylic acid groups (broad SMARTS) is 1. The number of nitrogens with zero attached hydrogens (tertiary/aromatic N) is 1. The first-order chi connectivity index (χ1) is 8.81. The van der Waals surface area contributed by atoms with Gasteiger partial charge in [0.05, 0.1) is 12.0 Å². The van der Waals surface area contributed by atoms with Crippen LogP contribution >= 0.6 is 0 Å². The zero-order valence-electron chi connectivity index (χ0n) is 11.4. The molecule has 0 fully saturated rings. The van der Waals surface area contributed by atoms with E-state index in [1.54, 1.807) is 6.20 Å². The second kappa shape index (κ2) is 6.17. The van der Waals surface area contributed by atoms with Crippen molar-refractivity contribution in [2.24, 2.45) is 0 Å². The highest BCUT2D eigenvalue weighted by Gasteiger charge is 2.22. The van der Waals surface area contributed by atoms with Crippen LogP contribution < -0.4 is 10.6 Å². The maximum atomic E-state index is 11.6. The summed E-state index contributed by atoms with van der Waals surface area (Å²) in [5.41, 5.74) is 1.21. The van der Waals surface area contributed by atoms with Crippen molar-refractivity contribution in [2.45, 2.75) is 32.7 Å². The number of carbonyl (C=O) groups excluding carboxylic acids is 1. The molecule has 104 valence electrons. The minimum absolute atomic E-state index is 0.0973. The largest absolute Gasteiger partial charge is 0.481 e. The van der Waals surface area contributed by atoms with Gasteiger partial charge >= 0.3 is 12.0 Å². The minimum atomic E-state index is -0.942. The fourth-order valence-electron chi connectivity index (χ4n) is 1.52. The van der Waals surface area contributed by atoms with E-state index < -0.39 is 17.5 Å². The molecule has 1 heterocycles. The number of aromatic nitrogens is 1. The second-order valence-electron chi connectivity index (χ2n) is 4.84. The Morgan fingerprint density at radius 2 is 2.05 bits per heavy atom. The molecule has 3 N–H and O–H groups in total. The van der Waals surface area contributed by atoms with Gasteiger partial charge in [0, 0.05) is 18.4 Å². The minimum Gasteiger partial charge on any atom is -0.481 e. The fourth-order valence-corrected chi connectivity index (χ4v) is 1.52. The summed E-state index contributed by atoms with van der Waals surface area (Å²) in [6, 6.07) is 3.38. The van der Waals surface area contributed by atoms with Crippen molar-refractivity contribution in [3.63, 3.8) is 0 Å². The van der Waals surface area contributed by atoms with Crippen molar-refractivity contribution in [1.82, 2.24) is 15.6 Å². The van der Waals surface area contributed by atoms with Crippen molar-refractivity contribution in [3.05, 3.63) is 29.6 Å². The average Bonchev–Trinajstić information content (AvgIpc) is 2.28. The lowest BCUT2D eigenvalue weighted by atomic mass is 9.96. The van der Waals surface area contributed by atoms with Crippen molar-refractivity contribution < 1.29 is 14.7 Å². The van der Waals surface area contributed by atoms with Gasteiger partial charge in [-0.2, -0.15) is 0 Å². The molecule has 0 aliphatic carbocycles. The van der Waals surface area contributed by atoms with E-state index in [4.69, 9.17) is 5.11 Å². The molecule has 1 rings (SSSR count). The Morgan fingerprint density at radius 3 is 2.58 bits per heavy atom. The number of hydrogen-bond acceptors (Lipinski definition) is 3. The third kappa shape index (κ3) is 4.95. The first-order valence-electron chi connectivity index (χ1n) is 6.02. The molecule has 1 aromatic heterocycles. The van der Waals surface area contributed by atoms with Crippen LogP contribution in [-0.2, 0) is 10.3 Å². The molecule has 0 saturated carbocycles. The SMILES string of the molecule is Cc1ccc(C(C)(C)NC(=O)NCCC(=O)O)cn1. The molecular weight excluding hydrogens is 246 g/mol. The Hall–Kier alpha value is -2.11. The third-order valence-corrected chi connectivity index (χ3v) is 2.68. The summed E-state index contributed by atoms with van der Waals surface area (Å²) in [5, 5.41) is 13.8. The highest BCUT2D eigenvalue weighted by Crippen LogP contribution is 2.18. The van der Waals surface area contributed by atoms with Crippen molar-refractivity contribution in [3.8, 4) is 0 Å².